The number of nitro groups is 1. The Balaban J connectivity index is 1.88. The molecule has 0 heterocycles. The van der Waals surface area contributed by atoms with Crippen LogP contribution in [0.15, 0.2) is 59.7 Å². The Labute approximate surface area is 143 Å². The van der Waals surface area contributed by atoms with Crippen LogP contribution < -0.4 is 10.7 Å². The monoisotopic (exact) mass is 340 g/mol. The molecule has 2 rings (SSSR count). The SMILES string of the molecule is C/C(CC(=O)Nc1ccccc1)=N\NC(=O)c1ccc([N+](=O)[O-])cc1. The van der Waals surface area contributed by atoms with Gasteiger partial charge in [0, 0.05) is 29.1 Å². The minimum atomic E-state index is -0.546. The highest BCUT2D eigenvalue weighted by molar-refractivity contribution is 6.06. The average Bonchev–Trinajstić information content (AvgIpc) is 2.60. The molecule has 0 aromatic heterocycles. The van der Waals surface area contributed by atoms with Gasteiger partial charge in [0.15, 0.2) is 0 Å². The first kappa shape index (κ1) is 17.8. The Bertz CT molecular complexity index is 801. The molecule has 0 aliphatic carbocycles. The van der Waals surface area contributed by atoms with Crippen LogP contribution in [0.2, 0.25) is 0 Å². The molecule has 0 radical (unpaired) electrons. The fourth-order valence-corrected chi connectivity index (χ4v) is 1.94. The highest BCUT2D eigenvalue weighted by atomic mass is 16.6. The number of hydrogen-bond acceptors (Lipinski definition) is 5. The number of nitro benzene ring substituents is 1. The summed E-state index contributed by atoms with van der Waals surface area (Å²) in [6, 6.07) is 14.1. The quantitative estimate of drug-likeness (QED) is 0.478. The topological polar surface area (TPSA) is 114 Å². The van der Waals surface area contributed by atoms with Gasteiger partial charge in [0.25, 0.3) is 11.6 Å². The smallest absolute Gasteiger partial charge is 0.271 e. The first-order valence-corrected chi connectivity index (χ1v) is 7.38. The molecule has 0 saturated heterocycles. The number of carbonyl (C=O) groups excluding carboxylic acids is 2. The van der Waals surface area contributed by atoms with E-state index in [0.29, 0.717) is 11.4 Å². The molecule has 2 aromatic rings. The van der Waals surface area contributed by atoms with Crippen LogP contribution in [0.1, 0.15) is 23.7 Å². The molecule has 0 spiro atoms. The summed E-state index contributed by atoms with van der Waals surface area (Å²) in [6.07, 6.45) is 0.0232. The van der Waals surface area contributed by atoms with Crippen molar-refractivity contribution in [3.8, 4) is 0 Å². The van der Waals surface area contributed by atoms with Crippen molar-refractivity contribution in [3.63, 3.8) is 0 Å². The van der Waals surface area contributed by atoms with Gasteiger partial charge < -0.3 is 5.32 Å². The van der Waals surface area contributed by atoms with Crippen molar-refractivity contribution >= 4 is 28.9 Å². The fraction of sp³-hybridized carbons (Fsp3) is 0.118. The zero-order valence-corrected chi connectivity index (χ0v) is 13.4. The third-order valence-corrected chi connectivity index (χ3v) is 3.16. The number of anilines is 1. The lowest BCUT2D eigenvalue weighted by molar-refractivity contribution is -0.384. The van der Waals surface area contributed by atoms with E-state index in [1.807, 2.05) is 6.07 Å². The number of carbonyl (C=O) groups is 2. The van der Waals surface area contributed by atoms with Crippen LogP contribution in [-0.2, 0) is 4.79 Å². The summed E-state index contributed by atoms with van der Waals surface area (Å²) in [5, 5.41) is 17.2. The van der Waals surface area contributed by atoms with E-state index < -0.39 is 10.8 Å². The van der Waals surface area contributed by atoms with Gasteiger partial charge in [0.05, 0.1) is 11.3 Å². The molecule has 25 heavy (non-hydrogen) atoms. The molecule has 0 fully saturated rings. The van der Waals surface area contributed by atoms with Crippen LogP contribution in [0.25, 0.3) is 0 Å². The van der Waals surface area contributed by atoms with E-state index in [4.69, 9.17) is 0 Å². The molecule has 0 aliphatic rings. The molecule has 2 aromatic carbocycles. The molecular weight excluding hydrogens is 324 g/mol. The van der Waals surface area contributed by atoms with Gasteiger partial charge in [-0.2, -0.15) is 5.10 Å². The second kappa shape index (κ2) is 8.34. The predicted octanol–water partition coefficient (Wildman–Crippen LogP) is 2.73. The van der Waals surface area contributed by atoms with Gasteiger partial charge in [-0.1, -0.05) is 18.2 Å². The molecule has 0 saturated carbocycles. The van der Waals surface area contributed by atoms with E-state index >= 15 is 0 Å². The van der Waals surface area contributed by atoms with Gasteiger partial charge in [-0.25, -0.2) is 5.43 Å². The average molecular weight is 340 g/mol. The lowest BCUT2D eigenvalue weighted by atomic mass is 10.2. The maximum atomic E-state index is 11.9. The van der Waals surface area contributed by atoms with Crippen molar-refractivity contribution in [2.75, 3.05) is 5.32 Å². The van der Waals surface area contributed by atoms with Gasteiger partial charge >= 0.3 is 0 Å². The lowest BCUT2D eigenvalue weighted by Gasteiger charge is -2.05. The summed E-state index contributed by atoms with van der Waals surface area (Å²) >= 11 is 0. The van der Waals surface area contributed by atoms with Crippen molar-refractivity contribution in [1.82, 2.24) is 5.43 Å². The number of nitrogens with one attached hydrogen (secondary N) is 2. The molecule has 8 heteroatoms. The summed E-state index contributed by atoms with van der Waals surface area (Å²) in [7, 11) is 0. The summed E-state index contributed by atoms with van der Waals surface area (Å²) in [6.45, 7) is 1.61. The Kier molecular flexibility index (Phi) is 5.94. The highest BCUT2D eigenvalue weighted by Crippen LogP contribution is 2.11. The number of hydrazone groups is 1. The molecule has 0 aliphatic heterocycles. The third kappa shape index (κ3) is 5.54. The van der Waals surface area contributed by atoms with Gasteiger partial charge in [0.2, 0.25) is 5.91 Å². The first-order chi connectivity index (χ1) is 12.0. The number of benzene rings is 2. The van der Waals surface area contributed by atoms with E-state index in [1.54, 1.807) is 31.2 Å². The number of para-hydroxylation sites is 1. The predicted molar refractivity (Wildman–Crippen MR) is 93.4 cm³/mol. The van der Waals surface area contributed by atoms with E-state index in [-0.39, 0.29) is 23.6 Å². The largest absolute Gasteiger partial charge is 0.326 e. The van der Waals surface area contributed by atoms with Crippen molar-refractivity contribution in [2.24, 2.45) is 5.10 Å². The van der Waals surface area contributed by atoms with E-state index in [9.17, 15) is 19.7 Å². The lowest BCUT2D eigenvalue weighted by Crippen LogP contribution is -2.21. The molecule has 0 atom stereocenters. The summed E-state index contributed by atoms with van der Waals surface area (Å²) in [4.78, 5) is 33.8. The van der Waals surface area contributed by atoms with Crippen molar-refractivity contribution in [2.45, 2.75) is 13.3 Å². The summed E-state index contributed by atoms with van der Waals surface area (Å²) in [5.41, 5.74) is 3.54. The van der Waals surface area contributed by atoms with Gasteiger partial charge in [-0.05, 0) is 31.2 Å². The molecule has 128 valence electrons. The Morgan fingerprint density at radius 3 is 2.32 bits per heavy atom. The minimum absolute atomic E-state index is 0.0232. The number of rotatable bonds is 6. The van der Waals surface area contributed by atoms with Gasteiger partial charge in [-0.15, -0.1) is 0 Å². The zero-order chi connectivity index (χ0) is 18.2. The maximum Gasteiger partial charge on any atom is 0.271 e. The van der Waals surface area contributed by atoms with Crippen LogP contribution in [0.3, 0.4) is 0 Å². The van der Waals surface area contributed by atoms with E-state index in [0.717, 1.165) is 0 Å². The molecular formula is C17H16N4O4. The number of non-ortho nitro benzene ring substituents is 1. The van der Waals surface area contributed by atoms with E-state index in [2.05, 4.69) is 15.8 Å². The first-order valence-electron chi connectivity index (χ1n) is 7.38. The number of nitrogens with zero attached hydrogens (tertiary/aromatic N) is 2. The van der Waals surface area contributed by atoms with Gasteiger partial charge in [-0.3, -0.25) is 19.7 Å². The Hall–Kier alpha value is -3.55. The van der Waals surface area contributed by atoms with Crippen LogP contribution in [0, 0.1) is 10.1 Å². The third-order valence-electron chi connectivity index (χ3n) is 3.16. The molecule has 0 unspecified atom stereocenters. The minimum Gasteiger partial charge on any atom is -0.326 e. The van der Waals surface area contributed by atoms with Crippen LogP contribution in [0.5, 0.6) is 0 Å². The summed E-state index contributed by atoms with van der Waals surface area (Å²) in [5.74, 6) is -0.769. The number of amides is 2. The molecule has 0 bridgehead atoms. The van der Waals surface area contributed by atoms with Crippen LogP contribution in [-0.4, -0.2) is 22.4 Å². The van der Waals surface area contributed by atoms with Crippen LogP contribution >= 0.6 is 0 Å². The Morgan fingerprint density at radius 1 is 1.08 bits per heavy atom. The zero-order valence-electron chi connectivity index (χ0n) is 13.4. The van der Waals surface area contributed by atoms with Crippen molar-refractivity contribution in [1.29, 1.82) is 0 Å². The fourth-order valence-electron chi connectivity index (χ4n) is 1.94. The Morgan fingerprint density at radius 2 is 1.72 bits per heavy atom. The van der Waals surface area contributed by atoms with E-state index in [1.165, 1.54) is 24.3 Å². The van der Waals surface area contributed by atoms with Crippen LogP contribution in [0.4, 0.5) is 11.4 Å². The highest BCUT2D eigenvalue weighted by Gasteiger charge is 2.09. The van der Waals surface area contributed by atoms with Crippen molar-refractivity contribution < 1.29 is 14.5 Å². The number of hydrogen-bond donors (Lipinski definition) is 2. The summed E-state index contributed by atoms with van der Waals surface area (Å²) < 4.78 is 0. The molecule has 2 N–H and O–H groups in total. The maximum absolute atomic E-state index is 11.9. The molecule has 8 nitrogen and oxygen atoms in total. The van der Waals surface area contributed by atoms with Crippen molar-refractivity contribution in [3.05, 3.63) is 70.3 Å². The standard InChI is InChI=1S/C17H16N4O4/c1-12(11-16(22)18-14-5-3-2-4-6-14)19-20-17(23)13-7-9-15(10-8-13)21(24)25/h2-10H,11H2,1H3,(H,18,22)(H,20,23)/b19-12+. The molecule has 2 amide bonds. The normalized spacial score (nSPS) is 10.8. The second-order valence-corrected chi connectivity index (χ2v) is 5.18. The van der Waals surface area contributed by atoms with Gasteiger partial charge in [0.1, 0.15) is 0 Å². The second-order valence-electron chi connectivity index (χ2n) is 5.18.